The summed E-state index contributed by atoms with van der Waals surface area (Å²) < 4.78 is 1.56. The average molecular weight is 352 g/mol. The summed E-state index contributed by atoms with van der Waals surface area (Å²) in [6, 6.07) is 9.18. The van der Waals surface area contributed by atoms with Crippen LogP contribution >= 0.6 is 12.4 Å². The second-order valence-corrected chi connectivity index (χ2v) is 5.08. The third-order valence-corrected chi connectivity index (χ3v) is 3.17. The zero-order chi connectivity index (χ0) is 16.5. The van der Waals surface area contributed by atoms with Crippen molar-refractivity contribution in [3.8, 4) is 0 Å². The monoisotopic (exact) mass is 351 g/mol. The molecule has 2 aromatic rings. The second kappa shape index (κ2) is 10.4. The third kappa shape index (κ3) is 6.80. The Bertz CT molecular complexity index is 646. The molecule has 0 spiro atoms. The van der Waals surface area contributed by atoms with Gasteiger partial charge in [-0.05, 0) is 30.8 Å². The summed E-state index contributed by atoms with van der Waals surface area (Å²) in [5.74, 6) is -0.156. The number of nitrogens with one attached hydrogen (secondary N) is 3. The molecular formula is C16H22ClN5O2. The Kier molecular flexibility index (Phi) is 8.53. The predicted molar refractivity (Wildman–Crippen MR) is 94.9 cm³/mol. The van der Waals surface area contributed by atoms with Crippen molar-refractivity contribution in [2.24, 2.45) is 0 Å². The van der Waals surface area contributed by atoms with Crippen LogP contribution in [0.5, 0.6) is 0 Å². The minimum absolute atomic E-state index is 0. The van der Waals surface area contributed by atoms with Crippen LogP contribution in [-0.2, 0) is 22.7 Å². The van der Waals surface area contributed by atoms with Crippen molar-refractivity contribution in [3.05, 3.63) is 48.3 Å². The van der Waals surface area contributed by atoms with E-state index in [2.05, 4.69) is 21.0 Å². The number of rotatable bonds is 8. The summed E-state index contributed by atoms with van der Waals surface area (Å²) in [6.45, 7) is 1.25. The van der Waals surface area contributed by atoms with E-state index in [9.17, 15) is 9.59 Å². The quantitative estimate of drug-likeness (QED) is 0.666. The maximum Gasteiger partial charge on any atom is 0.246 e. The number of nitrogens with zero attached hydrogens (tertiary/aromatic N) is 2. The van der Waals surface area contributed by atoms with E-state index in [1.165, 1.54) is 0 Å². The van der Waals surface area contributed by atoms with Crippen molar-refractivity contribution in [1.29, 1.82) is 0 Å². The van der Waals surface area contributed by atoms with E-state index in [1.54, 1.807) is 23.1 Å². The van der Waals surface area contributed by atoms with Crippen LogP contribution in [0, 0.1) is 0 Å². The lowest BCUT2D eigenvalue weighted by Gasteiger charge is -2.09. The van der Waals surface area contributed by atoms with Crippen molar-refractivity contribution in [1.82, 2.24) is 20.4 Å². The van der Waals surface area contributed by atoms with Gasteiger partial charge in [-0.25, -0.2) is 0 Å². The number of aromatic nitrogens is 2. The van der Waals surface area contributed by atoms with Crippen LogP contribution in [-0.4, -0.2) is 35.2 Å². The molecule has 3 N–H and O–H groups in total. The lowest BCUT2D eigenvalue weighted by Crippen LogP contribution is -2.26. The molecule has 1 aromatic heterocycles. The number of halogens is 1. The van der Waals surface area contributed by atoms with Gasteiger partial charge in [0.15, 0.2) is 0 Å². The molecule has 0 radical (unpaired) electrons. The smallest absolute Gasteiger partial charge is 0.246 e. The Morgan fingerprint density at radius 2 is 2.04 bits per heavy atom. The summed E-state index contributed by atoms with van der Waals surface area (Å²) in [4.78, 5) is 23.5. The van der Waals surface area contributed by atoms with Gasteiger partial charge in [0.2, 0.25) is 11.8 Å². The fraction of sp³-hybridized carbons (Fsp3) is 0.312. The zero-order valence-electron chi connectivity index (χ0n) is 13.5. The Hall–Kier alpha value is -2.38. The molecule has 0 fully saturated rings. The van der Waals surface area contributed by atoms with Crippen molar-refractivity contribution in [2.75, 3.05) is 18.9 Å². The van der Waals surface area contributed by atoms with Gasteiger partial charge in [0.1, 0.15) is 6.54 Å². The lowest BCUT2D eigenvalue weighted by molar-refractivity contribution is -0.121. The van der Waals surface area contributed by atoms with E-state index in [0.717, 1.165) is 5.56 Å². The van der Waals surface area contributed by atoms with Gasteiger partial charge < -0.3 is 16.0 Å². The normalized spacial score (nSPS) is 9.88. The molecule has 2 amide bonds. The van der Waals surface area contributed by atoms with Gasteiger partial charge in [-0.1, -0.05) is 12.1 Å². The highest BCUT2D eigenvalue weighted by Gasteiger charge is 2.05. The Balaban J connectivity index is 0.00000288. The molecule has 8 heteroatoms. The summed E-state index contributed by atoms with van der Waals surface area (Å²) >= 11 is 0. The van der Waals surface area contributed by atoms with Gasteiger partial charge in [-0.3, -0.25) is 14.3 Å². The molecule has 0 saturated carbocycles. The largest absolute Gasteiger partial charge is 0.352 e. The maximum atomic E-state index is 11.9. The highest BCUT2D eigenvalue weighted by molar-refractivity contribution is 5.90. The van der Waals surface area contributed by atoms with Crippen LogP contribution in [0.25, 0.3) is 0 Å². The van der Waals surface area contributed by atoms with E-state index in [-0.39, 0.29) is 30.8 Å². The van der Waals surface area contributed by atoms with Crippen LogP contribution < -0.4 is 16.0 Å². The number of anilines is 1. The zero-order valence-corrected chi connectivity index (χ0v) is 14.3. The summed E-state index contributed by atoms with van der Waals surface area (Å²) in [6.07, 6.45) is 3.80. The standard InChI is InChI=1S/C16H21N5O2.ClH/c1-17-8-6-15(22)18-11-13-4-2-5-14(10-13)20-16(23)12-21-9-3-7-19-21;/h2-5,7,9-10,17H,6,8,11-12H2,1H3,(H,18,22)(H,20,23);1H. The summed E-state index contributed by atoms with van der Waals surface area (Å²) in [7, 11) is 1.81. The number of benzene rings is 1. The molecule has 0 unspecified atom stereocenters. The van der Waals surface area contributed by atoms with Gasteiger partial charge in [-0.2, -0.15) is 5.10 Å². The summed E-state index contributed by atoms with van der Waals surface area (Å²) in [5.41, 5.74) is 1.63. The first-order valence-electron chi connectivity index (χ1n) is 7.45. The van der Waals surface area contributed by atoms with Gasteiger partial charge in [-0.15, -0.1) is 12.4 Å². The van der Waals surface area contributed by atoms with Crippen LogP contribution in [0.4, 0.5) is 5.69 Å². The van der Waals surface area contributed by atoms with E-state index >= 15 is 0 Å². The predicted octanol–water partition coefficient (Wildman–Crippen LogP) is 1.17. The number of hydrogen-bond acceptors (Lipinski definition) is 4. The number of hydrogen-bond donors (Lipinski definition) is 3. The van der Waals surface area contributed by atoms with Crippen LogP contribution in [0.15, 0.2) is 42.7 Å². The minimum Gasteiger partial charge on any atom is -0.352 e. The molecule has 24 heavy (non-hydrogen) atoms. The Morgan fingerprint density at radius 1 is 1.21 bits per heavy atom. The van der Waals surface area contributed by atoms with E-state index in [0.29, 0.717) is 25.2 Å². The highest BCUT2D eigenvalue weighted by atomic mass is 35.5. The Labute approximate surface area is 147 Å². The average Bonchev–Trinajstić information content (AvgIpc) is 3.04. The maximum absolute atomic E-state index is 11.9. The summed E-state index contributed by atoms with van der Waals surface area (Å²) in [5, 5.41) is 12.6. The molecule has 130 valence electrons. The van der Waals surface area contributed by atoms with Gasteiger partial charge in [0.25, 0.3) is 0 Å². The molecule has 0 saturated heterocycles. The van der Waals surface area contributed by atoms with Gasteiger partial charge in [0, 0.05) is 37.6 Å². The molecule has 0 aliphatic carbocycles. The molecule has 0 aliphatic rings. The Morgan fingerprint density at radius 3 is 2.75 bits per heavy atom. The fourth-order valence-corrected chi connectivity index (χ4v) is 2.03. The fourth-order valence-electron chi connectivity index (χ4n) is 2.03. The molecule has 0 bridgehead atoms. The highest BCUT2D eigenvalue weighted by Crippen LogP contribution is 2.10. The lowest BCUT2D eigenvalue weighted by atomic mass is 10.2. The topological polar surface area (TPSA) is 88.0 Å². The van der Waals surface area contributed by atoms with Crippen molar-refractivity contribution < 1.29 is 9.59 Å². The number of carbonyl (C=O) groups excluding carboxylic acids is 2. The molecule has 1 aromatic carbocycles. The molecular weight excluding hydrogens is 330 g/mol. The third-order valence-electron chi connectivity index (χ3n) is 3.17. The van der Waals surface area contributed by atoms with E-state index in [1.807, 2.05) is 31.3 Å². The minimum atomic E-state index is -0.149. The first-order valence-corrected chi connectivity index (χ1v) is 7.45. The molecule has 2 rings (SSSR count). The first-order chi connectivity index (χ1) is 11.2. The molecule has 7 nitrogen and oxygen atoms in total. The SMILES string of the molecule is CNCCC(=O)NCc1cccc(NC(=O)Cn2cccn2)c1.Cl. The molecule has 0 aliphatic heterocycles. The van der Waals surface area contributed by atoms with Crippen LogP contribution in [0.2, 0.25) is 0 Å². The van der Waals surface area contributed by atoms with Crippen molar-refractivity contribution in [3.63, 3.8) is 0 Å². The van der Waals surface area contributed by atoms with E-state index in [4.69, 9.17) is 0 Å². The van der Waals surface area contributed by atoms with Gasteiger partial charge in [0.05, 0.1) is 0 Å². The molecule has 1 heterocycles. The first kappa shape index (κ1) is 19.7. The number of carbonyl (C=O) groups is 2. The van der Waals surface area contributed by atoms with Crippen molar-refractivity contribution >= 4 is 29.9 Å². The second-order valence-electron chi connectivity index (χ2n) is 5.08. The van der Waals surface area contributed by atoms with Crippen molar-refractivity contribution in [2.45, 2.75) is 19.5 Å². The van der Waals surface area contributed by atoms with Crippen LogP contribution in [0.1, 0.15) is 12.0 Å². The van der Waals surface area contributed by atoms with E-state index < -0.39 is 0 Å². The van der Waals surface area contributed by atoms with Gasteiger partial charge >= 0.3 is 0 Å². The number of amides is 2. The molecule has 0 atom stereocenters. The van der Waals surface area contributed by atoms with Crippen LogP contribution in [0.3, 0.4) is 0 Å².